The zero-order chi connectivity index (χ0) is 21.9. The number of hydrogen-bond donors (Lipinski definition) is 3. The minimum atomic E-state index is -1.42. The fourth-order valence-corrected chi connectivity index (χ4v) is 1.80. The van der Waals surface area contributed by atoms with E-state index in [0.29, 0.717) is 4.90 Å². The van der Waals surface area contributed by atoms with E-state index in [9.17, 15) is 24.0 Å². The molecule has 1 atom stereocenters. The van der Waals surface area contributed by atoms with Gasteiger partial charge in [0, 0.05) is 27.6 Å². The molecule has 160 valence electrons. The lowest BCUT2D eigenvalue weighted by molar-refractivity contribution is -0.150. The monoisotopic (exact) mass is 407 g/mol. The molecule has 1 unspecified atom stereocenters. The van der Waals surface area contributed by atoms with Crippen LogP contribution in [0, 0.1) is 0 Å². The molecular weight excluding hydrogens is 382 g/mol. The highest BCUT2D eigenvalue weighted by atomic mass is 16.5. The van der Waals surface area contributed by atoms with E-state index in [0.717, 1.165) is 16.8 Å². The van der Waals surface area contributed by atoms with Crippen LogP contribution in [-0.2, 0) is 19.1 Å². The van der Waals surface area contributed by atoms with Crippen LogP contribution < -0.4 is 0 Å². The molecule has 0 aromatic heterocycles. The molecular formula is C15H25N3O10. The molecule has 0 aliphatic rings. The molecule has 0 aromatic rings. The summed E-state index contributed by atoms with van der Waals surface area (Å²) in [7, 11) is 3.70. The quantitative estimate of drug-likeness (QED) is 0.397. The van der Waals surface area contributed by atoms with Crippen molar-refractivity contribution in [1.29, 1.82) is 0 Å². The summed E-state index contributed by atoms with van der Waals surface area (Å²) in [6, 6.07) is -1.29. The van der Waals surface area contributed by atoms with Crippen molar-refractivity contribution in [3.05, 3.63) is 0 Å². The van der Waals surface area contributed by atoms with Crippen LogP contribution in [0.3, 0.4) is 0 Å². The normalized spacial score (nSPS) is 11.1. The van der Waals surface area contributed by atoms with Gasteiger partial charge in [-0.1, -0.05) is 0 Å². The van der Waals surface area contributed by atoms with Gasteiger partial charge in [-0.15, -0.1) is 0 Å². The second-order valence-corrected chi connectivity index (χ2v) is 5.74. The van der Waals surface area contributed by atoms with Gasteiger partial charge in [-0.2, -0.15) is 0 Å². The fraction of sp³-hybridized carbons (Fsp3) is 0.667. The smallest absolute Gasteiger partial charge is 0.407 e. The number of carbonyl (C=O) groups is 5. The van der Waals surface area contributed by atoms with Crippen molar-refractivity contribution in [3.8, 4) is 0 Å². The van der Waals surface area contributed by atoms with Crippen LogP contribution in [0.5, 0.6) is 0 Å². The highest BCUT2D eigenvalue weighted by Gasteiger charge is 2.29. The van der Waals surface area contributed by atoms with Gasteiger partial charge in [0.25, 0.3) is 0 Å². The first-order valence-corrected chi connectivity index (χ1v) is 8.13. The van der Waals surface area contributed by atoms with Crippen molar-refractivity contribution in [2.75, 3.05) is 47.4 Å². The molecule has 0 aliphatic heterocycles. The lowest BCUT2D eigenvalue weighted by Crippen LogP contribution is -2.43. The topological polar surface area (TPSA) is 174 Å². The van der Waals surface area contributed by atoms with E-state index in [4.69, 9.17) is 24.8 Å². The van der Waals surface area contributed by atoms with Crippen LogP contribution >= 0.6 is 0 Å². The number of carbonyl (C=O) groups excluding carboxylic acids is 2. The molecule has 3 N–H and O–H groups in total. The number of ether oxygens (including phenoxy) is 2. The second-order valence-electron chi connectivity index (χ2n) is 5.74. The van der Waals surface area contributed by atoms with Crippen LogP contribution in [-0.4, -0.2) is 114 Å². The van der Waals surface area contributed by atoms with Gasteiger partial charge in [0.1, 0.15) is 19.3 Å². The number of hydrogen-bond acceptors (Lipinski definition) is 7. The zero-order valence-electron chi connectivity index (χ0n) is 15.9. The summed E-state index contributed by atoms with van der Waals surface area (Å²) in [5, 5.41) is 26.4. The minimum absolute atomic E-state index is 0.0430. The Morgan fingerprint density at radius 1 is 0.786 bits per heavy atom. The second kappa shape index (κ2) is 12.2. The van der Waals surface area contributed by atoms with Crippen molar-refractivity contribution in [2.45, 2.75) is 18.9 Å². The molecule has 0 aliphatic carbocycles. The summed E-state index contributed by atoms with van der Waals surface area (Å²) in [5.41, 5.74) is 0. The molecule has 0 aromatic carbocycles. The molecule has 0 rings (SSSR count). The first-order chi connectivity index (χ1) is 13.0. The fourth-order valence-electron chi connectivity index (χ4n) is 1.80. The Morgan fingerprint density at radius 3 is 1.68 bits per heavy atom. The molecule has 0 spiro atoms. The first-order valence-electron chi connectivity index (χ1n) is 8.13. The number of carboxylic acid groups (broad SMARTS) is 3. The molecule has 28 heavy (non-hydrogen) atoms. The number of likely N-dealkylation sites (N-methyl/N-ethyl adjacent to an activating group) is 3. The summed E-state index contributed by atoms with van der Waals surface area (Å²) in [6.45, 7) is -0.618. The average molecular weight is 407 g/mol. The molecule has 3 amide bonds. The summed E-state index contributed by atoms with van der Waals surface area (Å²) >= 11 is 0. The molecule has 0 bridgehead atoms. The van der Waals surface area contributed by atoms with Crippen LogP contribution in [0.2, 0.25) is 0 Å². The predicted molar refractivity (Wildman–Crippen MR) is 92.0 cm³/mol. The Balaban J connectivity index is 4.58. The first kappa shape index (κ1) is 24.8. The van der Waals surface area contributed by atoms with Gasteiger partial charge in [0.05, 0.1) is 13.1 Å². The zero-order valence-corrected chi connectivity index (χ0v) is 15.9. The molecule has 0 saturated heterocycles. The number of amides is 3. The maximum Gasteiger partial charge on any atom is 0.407 e. The van der Waals surface area contributed by atoms with Crippen molar-refractivity contribution >= 4 is 30.2 Å². The van der Waals surface area contributed by atoms with Gasteiger partial charge >= 0.3 is 30.2 Å². The van der Waals surface area contributed by atoms with Crippen LogP contribution in [0.4, 0.5) is 14.4 Å². The molecule has 0 saturated carbocycles. The largest absolute Gasteiger partial charge is 0.465 e. The van der Waals surface area contributed by atoms with Crippen LogP contribution in [0.1, 0.15) is 12.8 Å². The standard InChI is InChI=1S/C15H25N3O10/c1-16(13(21)22)6-8-27-11(19)5-4-10(18(3)15(25)26)12(20)28-9-7-17(2)14(23)24/h10H,4-9H2,1-3H3,(H,21,22)(H,23,24)(H,25,26). The molecule has 0 fully saturated rings. The maximum atomic E-state index is 12.1. The van der Waals surface area contributed by atoms with E-state index in [-0.39, 0.29) is 39.1 Å². The summed E-state index contributed by atoms with van der Waals surface area (Å²) in [4.78, 5) is 58.7. The van der Waals surface area contributed by atoms with E-state index in [1.54, 1.807) is 0 Å². The van der Waals surface area contributed by atoms with Gasteiger partial charge in [-0.05, 0) is 6.42 Å². The third-order valence-electron chi connectivity index (χ3n) is 3.68. The van der Waals surface area contributed by atoms with Crippen LogP contribution in [0.25, 0.3) is 0 Å². The van der Waals surface area contributed by atoms with Crippen molar-refractivity contribution in [2.24, 2.45) is 0 Å². The van der Waals surface area contributed by atoms with E-state index in [1.807, 2.05) is 0 Å². The SMILES string of the molecule is CN(CCOC(=O)CCC(C(=O)OCCN(C)C(=O)O)N(C)C(=O)O)C(=O)O. The van der Waals surface area contributed by atoms with Gasteiger partial charge in [0.2, 0.25) is 0 Å². The molecule has 13 heteroatoms. The molecule has 0 radical (unpaired) electrons. The third-order valence-corrected chi connectivity index (χ3v) is 3.68. The Bertz CT molecular complexity index is 582. The van der Waals surface area contributed by atoms with E-state index >= 15 is 0 Å². The summed E-state index contributed by atoms with van der Waals surface area (Å²) < 4.78 is 9.73. The van der Waals surface area contributed by atoms with E-state index in [2.05, 4.69) is 0 Å². The lowest BCUT2D eigenvalue weighted by Gasteiger charge is -2.24. The number of nitrogens with zero attached hydrogens (tertiary/aromatic N) is 3. The predicted octanol–water partition coefficient (Wildman–Crippen LogP) is 0.0510. The van der Waals surface area contributed by atoms with Gasteiger partial charge in [-0.3, -0.25) is 9.69 Å². The number of rotatable bonds is 11. The van der Waals surface area contributed by atoms with E-state index in [1.165, 1.54) is 14.1 Å². The molecule has 0 heterocycles. The summed E-state index contributed by atoms with van der Waals surface area (Å²) in [6.07, 6.45) is -4.34. The third kappa shape index (κ3) is 9.45. The maximum absolute atomic E-state index is 12.1. The Kier molecular flexibility index (Phi) is 10.8. The number of esters is 2. The molecule has 13 nitrogen and oxygen atoms in total. The minimum Gasteiger partial charge on any atom is -0.465 e. The van der Waals surface area contributed by atoms with Gasteiger partial charge in [0.15, 0.2) is 0 Å². The van der Waals surface area contributed by atoms with Crippen molar-refractivity contribution in [1.82, 2.24) is 14.7 Å². The highest BCUT2D eigenvalue weighted by molar-refractivity contribution is 5.81. The Hall–Kier alpha value is -3.25. The average Bonchev–Trinajstić information content (AvgIpc) is 2.60. The van der Waals surface area contributed by atoms with Gasteiger partial charge in [-0.25, -0.2) is 19.2 Å². The lowest BCUT2D eigenvalue weighted by atomic mass is 10.1. The van der Waals surface area contributed by atoms with Crippen molar-refractivity contribution in [3.63, 3.8) is 0 Å². The van der Waals surface area contributed by atoms with Crippen LogP contribution in [0.15, 0.2) is 0 Å². The van der Waals surface area contributed by atoms with Crippen molar-refractivity contribution < 1.29 is 48.8 Å². The summed E-state index contributed by atoms with van der Waals surface area (Å²) in [5.74, 6) is -1.66. The Labute approximate surface area is 161 Å². The van der Waals surface area contributed by atoms with E-state index < -0.39 is 36.3 Å². The Morgan fingerprint density at radius 2 is 1.25 bits per heavy atom. The van der Waals surface area contributed by atoms with Gasteiger partial charge < -0.3 is 34.6 Å². The highest BCUT2D eigenvalue weighted by Crippen LogP contribution is 2.09.